The van der Waals surface area contributed by atoms with Gasteiger partial charge in [0, 0.05) is 19.3 Å². The largest absolute Gasteiger partial charge is 0.462 e. The fourth-order valence-corrected chi connectivity index (χ4v) is 7.30. The van der Waals surface area contributed by atoms with Crippen molar-refractivity contribution in [1.82, 2.24) is 0 Å². The van der Waals surface area contributed by atoms with E-state index >= 15 is 0 Å². The molecule has 6 nitrogen and oxygen atoms in total. The van der Waals surface area contributed by atoms with Crippen LogP contribution in [0.1, 0.15) is 272 Å². The minimum atomic E-state index is -0.759. The maximum Gasteiger partial charge on any atom is 0.306 e. The average molecular weight is 779 g/mol. The van der Waals surface area contributed by atoms with Gasteiger partial charge in [-0.25, -0.2) is 0 Å². The molecular weight excluding hydrogens is 685 g/mol. The first-order valence-corrected chi connectivity index (χ1v) is 24.4. The fraction of sp³-hybridized carbons (Fsp3) is 0.939. The molecule has 0 aromatic heterocycles. The molecule has 0 fully saturated rings. The topological polar surface area (TPSA) is 78.9 Å². The van der Waals surface area contributed by atoms with Crippen LogP contribution >= 0.6 is 0 Å². The van der Waals surface area contributed by atoms with Gasteiger partial charge in [0.05, 0.1) is 0 Å². The molecule has 0 heterocycles. The molecule has 1 unspecified atom stereocenters. The van der Waals surface area contributed by atoms with E-state index in [0.717, 1.165) is 63.7 Å². The van der Waals surface area contributed by atoms with Crippen molar-refractivity contribution in [3.05, 3.63) is 0 Å². The van der Waals surface area contributed by atoms with E-state index in [0.29, 0.717) is 19.3 Å². The van der Waals surface area contributed by atoms with Crippen LogP contribution in [0.15, 0.2) is 0 Å². The second-order valence-corrected chi connectivity index (χ2v) is 17.0. The molecule has 0 saturated heterocycles. The summed E-state index contributed by atoms with van der Waals surface area (Å²) in [7, 11) is 0. The lowest BCUT2D eigenvalue weighted by Gasteiger charge is -2.18. The molecule has 2 atom stereocenters. The summed E-state index contributed by atoms with van der Waals surface area (Å²) in [5.41, 5.74) is 0. The Morgan fingerprint density at radius 3 is 0.945 bits per heavy atom. The van der Waals surface area contributed by atoms with E-state index in [-0.39, 0.29) is 31.1 Å². The Kier molecular flexibility index (Phi) is 42.3. The van der Waals surface area contributed by atoms with Gasteiger partial charge in [-0.2, -0.15) is 0 Å². The predicted molar refractivity (Wildman–Crippen MR) is 233 cm³/mol. The molecule has 55 heavy (non-hydrogen) atoms. The van der Waals surface area contributed by atoms with E-state index in [1.807, 2.05) is 0 Å². The number of esters is 3. The molecule has 0 aromatic rings. The van der Waals surface area contributed by atoms with Gasteiger partial charge in [-0.1, -0.05) is 233 Å². The molecule has 326 valence electrons. The van der Waals surface area contributed by atoms with Crippen LogP contribution in [0.3, 0.4) is 0 Å². The first-order chi connectivity index (χ1) is 26.9. The van der Waals surface area contributed by atoms with Crippen molar-refractivity contribution in [3.63, 3.8) is 0 Å². The van der Waals surface area contributed by atoms with E-state index in [9.17, 15) is 14.4 Å². The van der Waals surface area contributed by atoms with Gasteiger partial charge in [0.15, 0.2) is 6.10 Å². The monoisotopic (exact) mass is 779 g/mol. The zero-order chi connectivity index (χ0) is 40.3. The molecule has 0 aromatic carbocycles. The van der Waals surface area contributed by atoms with Crippen molar-refractivity contribution in [3.8, 4) is 0 Å². The number of hydrogen-bond donors (Lipinski definition) is 0. The molecule has 0 aliphatic carbocycles. The summed E-state index contributed by atoms with van der Waals surface area (Å²) in [5.74, 6) is 0.0200. The molecule has 0 radical (unpaired) electrons. The average Bonchev–Trinajstić information content (AvgIpc) is 3.18. The number of carbonyl (C=O) groups is 3. The zero-order valence-electron chi connectivity index (χ0n) is 37.4. The minimum Gasteiger partial charge on any atom is -0.462 e. The van der Waals surface area contributed by atoms with E-state index in [1.54, 1.807) is 0 Å². The van der Waals surface area contributed by atoms with E-state index in [4.69, 9.17) is 14.2 Å². The Bertz CT molecular complexity index is 828. The van der Waals surface area contributed by atoms with Crippen LogP contribution in [0.4, 0.5) is 0 Å². The number of hydrogen-bond acceptors (Lipinski definition) is 6. The lowest BCUT2D eigenvalue weighted by atomic mass is 9.99. The van der Waals surface area contributed by atoms with Gasteiger partial charge in [0.25, 0.3) is 0 Å². The summed E-state index contributed by atoms with van der Waals surface area (Å²) in [4.78, 5) is 37.8. The molecule has 0 aliphatic heterocycles. The Labute approximate surface area is 342 Å². The number of unbranched alkanes of at least 4 members (excludes halogenated alkanes) is 30. The Morgan fingerprint density at radius 2 is 0.636 bits per heavy atom. The Morgan fingerprint density at radius 1 is 0.364 bits per heavy atom. The van der Waals surface area contributed by atoms with Gasteiger partial charge in [-0.15, -0.1) is 0 Å². The van der Waals surface area contributed by atoms with Gasteiger partial charge in [-0.05, 0) is 25.2 Å². The maximum absolute atomic E-state index is 12.7. The highest BCUT2D eigenvalue weighted by molar-refractivity contribution is 5.71. The van der Waals surface area contributed by atoms with Crippen molar-refractivity contribution in [1.29, 1.82) is 0 Å². The first-order valence-electron chi connectivity index (χ1n) is 24.4. The molecule has 0 rings (SSSR count). The number of ether oxygens (including phenoxy) is 3. The SMILES string of the molecule is CCCCCCCCCCCCCCC(=O)OC[C@@H](COC(=O)CCCCCCCCCCCCC(C)CC)OC(=O)CCCCCCCCCCCCC. The van der Waals surface area contributed by atoms with Crippen LogP contribution in [0.2, 0.25) is 0 Å². The lowest BCUT2D eigenvalue weighted by Crippen LogP contribution is -2.30. The summed E-state index contributed by atoms with van der Waals surface area (Å²) in [6.07, 6.45) is 43.6. The van der Waals surface area contributed by atoms with Gasteiger partial charge in [0.1, 0.15) is 13.2 Å². The van der Waals surface area contributed by atoms with Crippen LogP contribution in [-0.4, -0.2) is 37.2 Å². The summed E-state index contributed by atoms with van der Waals surface area (Å²) < 4.78 is 16.8. The predicted octanol–water partition coefficient (Wildman–Crippen LogP) is 15.5. The van der Waals surface area contributed by atoms with Gasteiger partial charge in [-0.3, -0.25) is 14.4 Å². The zero-order valence-corrected chi connectivity index (χ0v) is 37.4. The lowest BCUT2D eigenvalue weighted by molar-refractivity contribution is -0.167. The molecule has 0 amide bonds. The van der Waals surface area contributed by atoms with E-state index in [2.05, 4.69) is 27.7 Å². The second-order valence-electron chi connectivity index (χ2n) is 17.0. The second kappa shape index (κ2) is 43.5. The third-order valence-electron chi connectivity index (χ3n) is 11.4. The maximum atomic E-state index is 12.7. The molecule has 0 N–H and O–H groups in total. The van der Waals surface area contributed by atoms with Crippen molar-refractivity contribution >= 4 is 17.9 Å². The third kappa shape index (κ3) is 41.9. The Balaban J connectivity index is 4.32. The van der Waals surface area contributed by atoms with Crippen LogP contribution < -0.4 is 0 Å². The molecule has 0 saturated carbocycles. The van der Waals surface area contributed by atoms with E-state index in [1.165, 1.54) is 167 Å². The van der Waals surface area contributed by atoms with Crippen LogP contribution in [0.5, 0.6) is 0 Å². The van der Waals surface area contributed by atoms with Crippen molar-refractivity contribution in [2.75, 3.05) is 13.2 Å². The van der Waals surface area contributed by atoms with Crippen LogP contribution in [0, 0.1) is 5.92 Å². The van der Waals surface area contributed by atoms with Gasteiger partial charge < -0.3 is 14.2 Å². The molecule has 0 spiro atoms. The summed E-state index contributed by atoms with van der Waals surface area (Å²) >= 11 is 0. The first kappa shape index (κ1) is 53.4. The fourth-order valence-electron chi connectivity index (χ4n) is 7.30. The van der Waals surface area contributed by atoms with Crippen molar-refractivity contribution < 1.29 is 28.6 Å². The summed E-state index contributed by atoms with van der Waals surface area (Å²) in [6.45, 7) is 9.03. The Hall–Kier alpha value is -1.59. The minimum absolute atomic E-state index is 0.0633. The third-order valence-corrected chi connectivity index (χ3v) is 11.4. The highest BCUT2D eigenvalue weighted by Crippen LogP contribution is 2.17. The molecule has 6 heteroatoms. The van der Waals surface area contributed by atoms with Crippen molar-refractivity contribution in [2.45, 2.75) is 278 Å². The highest BCUT2D eigenvalue weighted by Gasteiger charge is 2.19. The summed E-state index contributed by atoms with van der Waals surface area (Å²) in [6, 6.07) is 0. The normalized spacial score (nSPS) is 12.4. The van der Waals surface area contributed by atoms with Gasteiger partial charge >= 0.3 is 17.9 Å². The van der Waals surface area contributed by atoms with Crippen LogP contribution in [-0.2, 0) is 28.6 Å². The standard InChI is InChI=1S/C49H94O6/c1-5-8-10-12-14-16-18-20-24-28-32-36-40-47(50)53-43-46(55-49(52)42-38-34-30-26-19-17-15-13-11-9-6-2)44-54-48(51)41-37-33-29-25-22-21-23-27-31-35-39-45(4)7-3/h45-46H,5-44H2,1-4H3/t45?,46-/m0/s1. The highest BCUT2D eigenvalue weighted by atomic mass is 16.6. The smallest absolute Gasteiger partial charge is 0.306 e. The quantitative estimate of drug-likeness (QED) is 0.0348. The summed E-state index contributed by atoms with van der Waals surface area (Å²) in [5, 5.41) is 0. The number of rotatable bonds is 44. The van der Waals surface area contributed by atoms with E-state index < -0.39 is 6.10 Å². The van der Waals surface area contributed by atoms with Crippen molar-refractivity contribution in [2.24, 2.45) is 5.92 Å². The van der Waals surface area contributed by atoms with Gasteiger partial charge in [0.2, 0.25) is 0 Å². The molecular formula is C49H94O6. The van der Waals surface area contributed by atoms with Crippen LogP contribution in [0.25, 0.3) is 0 Å². The molecule has 0 aliphatic rings. The molecule has 0 bridgehead atoms. The number of carbonyl (C=O) groups excluding carboxylic acids is 3.